The van der Waals surface area contributed by atoms with Crippen LogP contribution in [-0.4, -0.2) is 36.5 Å². The van der Waals surface area contributed by atoms with Crippen molar-refractivity contribution in [1.29, 1.82) is 0 Å². The first kappa shape index (κ1) is 12.2. The van der Waals surface area contributed by atoms with E-state index in [1.807, 2.05) is 12.1 Å². The predicted octanol–water partition coefficient (Wildman–Crippen LogP) is 1.03. The Balaban J connectivity index is 1.79. The molecular weight excluding hydrogens is 244 g/mol. The maximum Gasteiger partial charge on any atom is 0.296 e. The lowest BCUT2D eigenvalue weighted by atomic mass is 9.97. The third kappa shape index (κ3) is 2.10. The number of ketones is 1. The van der Waals surface area contributed by atoms with Crippen LogP contribution in [0.2, 0.25) is 0 Å². The van der Waals surface area contributed by atoms with Crippen molar-refractivity contribution in [1.82, 2.24) is 0 Å². The zero-order chi connectivity index (χ0) is 13.4. The van der Waals surface area contributed by atoms with Gasteiger partial charge in [-0.25, -0.2) is 0 Å². The van der Waals surface area contributed by atoms with Crippen molar-refractivity contribution in [3.05, 3.63) is 23.8 Å². The largest absolute Gasteiger partial charge is 0.396 e. The Morgan fingerprint density at radius 3 is 2.68 bits per heavy atom. The molecule has 100 valence electrons. The maximum absolute atomic E-state index is 11.5. The molecule has 2 N–H and O–H groups in total. The number of Topliss-reactive ketones (excluding diaryl/α,β-unsaturated/α-hetero) is 1. The molecule has 0 spiro atoms. The topological polar surface area (TPSA) is 69.6 Å². The van der Waals surface area contributed by atoms with E-state index < -0.39 is 11.7 Å². The van der Waals surface area contributed by atoms with Crippen molar-refractivity contribution in [2.75, 3.05) is 29.9 Å². The minimum atomic E-state index is -0.550. The number of nitrogens with zero attached hydrogens (tertiary/aromatic N) is 1. The summed E-state index contributed by atoms with van der Waals surface area (Å²) in [7, 11) is 0. The predicted molar refractivity (Wildman–Crippen MR) is 71.4 cm³/mol. The summed E-state index contributed by atoms with van der Waals surface area (Å²) in [6.45, 7) is 2.04. The van der Waals surface area contributed by atoms with Crippen molar-refractivity contribution in [3.8, 4) is 0 Å². The zero-order valence-electron chi connectivity index (χ0n) is 10.6. The van der Waals surface area contributed by atoms with Crippen LogP contribution >= 0.6 is 0 Å². The van der Waals surface area contributed by atoms with Gasteiger partial charge in [-0.2, -0.15) is 0 Å². The Morgan fingerprint density at radius 2 is 2.00 bits per heavy atom. The molecule has 1 amide bonds. The summed E-state index contributed by atoms with van der Waals surface area (Å²) in [6, 6.07) is 5.46. The van der Waals surface area contributed by atoms with E-state index in [-0.39, 0.29) is 6.61 Å². The number of rotatable bonds is 2. The number of carbonyl (C=O) groups excluding carboxylic acids is 2. The van der Waals surface area contributed by atoms with Gasteiger partial charge < -0.3 is 15.3 Å². The van der Waals surface area contributed by atoms with Gasteiger partial charge in [-0.3, -0.25) is 9.59 Å². The third-order valence-electron chi connectivity index (χ3n) is 3.94. The molecule has 0 atom stereocenters. The number of carbonyl (C=O) groups is 2. The van der Waals surface area contributed by atoms with Crippen LogP contribution in [-0.2, 0) is 4.79 Å². The molecule has 0 aliphatic carbocycles. The standard InChI is InChI=1S/C14H16N2O3/c17-8-9-3-5-16(6-4-9)10-1-2-11-12(7-10)15-14(19)13(11)18/h1-2,7,9,17H,3-6,8H2,(H,15,18,19). The molecule has 3 rings (SSSR count). The van der Waals surface area contributed by atoms with E-state index in [4.69, 9.17) is 5.11 Å². The Kier molecular flexibility index (Phi) is 2.98. The molecule has 0 saturated carbocycles. The Hall–Kier alpha value is -1.88. The fraction of sp³-hybridized carbons (Fsp3) is 0.429. The molecule has 1 aromatic rings. The van der Waals surface area contributed by atoms with Gasteiger partial charge in [0.05, 0.1) is 11.3 Å². The van der Waals surface area contributed by atoms with Crippen molar-refractivity contribution >= 4 is 23.1 Å². The lowest BCUT2D eigenvalue weighted by molar-refractivity contribution is -0.112. The molecule has 1 fully saturated rings. The van der Waals surface area contributed by atoms with Gasteiger partial charge in [0.15, 0.2) is 0 Å². The van der Waals surface area contributed by atoms with Gasteiger partial charge in [0, 0.05) is 25.4 Å². The van der Waals surface area contributed by atoms with E-state index in [1.54, 1.807) is 6.07 Å². The molecule has 1 aromatic carbocycles. The molecule has 0 unspecified atom stereocenters. The molecule has 1 saturated heterocycles. The van der Waals surface area contributed by atoms with E-state index in [0.717, 1.165) is 31.6 Å². The quantitative estimate of drug-likeness (QED) is 0.779. The lowest BCUT2D eigenvalue weighted by Crippen LogP contribution is -2.34. The number of aliphatic hydroxyl groups excluding tert-OH is 1. The summed E-state index contributed by atoms with van der Waals surface area (Å²) in [5.74, 6) is -0.612. The smallest absolute Gasteiger partial charge is 0.296 e. The second-order valence-electron chi connectivity index (χ2n) is 5.13. The third-order valence-corrected chi connectivity index (χ3v) is 3.94. The molecule has 0 bridgehead atoms. The second kappa shape index (κ2) is 4.66. The molecule has 2 aliphatic rings. The number of piperidine rings is 1. The SMILES string of the molecule is O=C1Nc2cc(N3CCC(CO)CC3)ccc2C1=O. The van der Waals surface area contributed by atoms with E-state index in [0.29, 0.717) is 17.2 Å². The van der Waals surface area contributed by atoms with Gasteiger partial charge in [-0.15, -0.1) is 0 Å². The number of fused-ring (bicyclic) bond motifs is 1. The fourth-order valence-corrected chi connectivity index (χ4v) is 2.71. The van der Waals surface area contributed by atoms with Gasteiger partial charge in [0.2, 0.25) is 0 Å². The van der Waals surface area contributed by atoms with E-state index in [1.165, 1.54) is 0 Å². The van der Waals surface area contributed by atoms with Gasteiger partial charge in [-0.1, -0.05) is 0 Å². The van der Waals surface area contributed by atoms with Crippen LogP contribution in [0.3, 0.4) is 0 Å². The van der Waals surface area contributed by atoms with Crippen molar-refractivity contribution in [2.45, 2.75) is 12.8 Å². The number of amides is 1. The number of anilines is 2. The second-order valence-corrected chi connectivity index (χ2v) is 5.13. The number of benzene rings is 1. The lowest BCUT2D eigenvalue weighted by Gasteiger charge is -2.33. The Morgan fingerprint density at radius 1 is 1.26 bits per heavy atom. The Bertz CT molecular complexity index is 533. The highest BCUT2D eigenvalue weighted by Gasteiger charge is 2.28. The van der Waals surface area contributed by atoms with E-state index >= 15 is 0 Å². The summed E-state index contributed by atoms with van der Waals surface area (Å²) >= 11 is 0. The van der Waals surface area contributed by atoms with Gasteiger partial charge in [0.1, 0.15) is 0 Å². The van der Waals surface area contributed by atoms with Crippen molar-refractivity contribution < 1.29 is 14.7 Å². The number of hydrogen-bond donors (Lipinski definition) is 2. The van der Waals surface area contributed by atoms with Crippen molar-refractivity contribution in [3.63, 3.8) is 0 Å². The van der Waals surface area contributed by atoms with Crippen LogP contribution in [0.15, 0.2) is 18.2 Å². The average molecular weight is 260 g/mol. The summed E-state index contributed by atoms with van der Waals surface area (Å²) in [4.78, 5) is 25.0. The Labute approximate surface area is 111 Å². The summed E-state index contributed by atoms with van der Waals surface area (Å²) < 4.78 is 0. The summed E-state index contributed by atoms with van der Waals surface area (Å²) in [5.41, 5.74) is 2.08. The fourth-order valence-electron chi connectivity index (χ4n) is 2.71. The highest BCUT2D eigenvalue weighted by molar-refractivity contribution is 6.51. The first-order chi connectivity index (χ1) is 9.19. The molecular formula is C14H16N2O3. The number of nitrogens with one attached hydrogen (secondary N) is 1. The summed E-state index contributed by atoms with van der Waals surface area (Å²) in [6.07, 6.45) is 1.94. The molecule has 2 aliphatic heterocycles. The van der Waals surface area contributed by atoms with E-state index in [2.05, 4.69) is 10.2 Å². The average Bonchev–Trinajstić information content (AvgIpc) is 2.74. The van der Waals surface area contributed by atoms with Crippen LogP contribution in [0, 0.1) is 5.92 Å². The van der Waals surface area contributed by atoms with Crippen molar-refractivity contribution in [2.24, 2.45) is 5.92 Å². The van der Waals surface area contributed by atoms with Crippen LogP contribution in [0.4, 0.5) is 11.4 Å². The maximum atomic E-state index is 11.5. The molecule has 0 radical (unpaired) electrons. The van der Waals surface area contributed by atoms with Crippen LogP contribution < -0.4 is 10.2 Å². The van der Waals surface area contributed by atoms with Gasteiger partial charge >= 0.3 is 0 Å². The highest BCUT2D eigenvalue weighted by atomic mass is 16.3. The normalized spacial score (nSPS) is 19.5. The molecule has 19 heavy (non-hydrogen) atoms. The van der Waals surface area contributed by atoms with E-state index in [9.17, 15) is 9.59 Å². The first-order valence-electron chi connectivity index (χ1n) is 6.54. The zero-order valence-corrected chi connectivity index (χ0v) is 10.6. The molecule has 5 heteroatoms. The monoisotopic (exact) mass is 260 g/mol. The molecule has 2 heterocycles. The van der Waals surface area contributed by atoms with Crippen LogP contribution in [0.5, 0.6) is 0 Å². The van der Waals surface area contributed by atoms with Gasteiger partial charge in [-0.05, 0) is 37.0 Å². The highest BCUT2D eigenvalue weighted by Crippen LogP contribution is 2.30. The van der Waals surface area contributed by atoms with Gasteiger partial charge in [0.25, 0.3) is 11.7 Å². The minimum Gasteiger partial charge on any atom is -0.396 e. The molecule has 5 nitrogen and oxygen atoms in total. The summed E-state index contributed by atoms with van der Waals surface area (Å²) in [5, 5.41) is 11.7. The molecule has 0 aromatic heterocycles. The van der Waals surface area contributed by atoms with Crippen LogP contribution in [0.25, 0.3) is 0 Å². The first-order valence-corrected chi connectivity index (χ1v) is 6.54. The van der Waals surface area contributed by atoms with Crippen LogP contribution in [0.1, 0.15) is 23.2 Å². The minimum absolute atomic E-state index is 0.253. The number of aliphatic hydroxyl groups is 1. The number of hydrogen-bond acceptors (Lipinski definition) is 4.